The Morgan fingerprint density at radius 2 is 2.21 bits per heavy atom. The molecule has 1 aromatic rings. The third-order valence-corrected chi connectivity index (χ3v) is 4.34. The molecule has 130 valence electrons. The molecule has 2 unspecified atom stereocenters. The van der Waals surface area contributed by atoms with Crippen molar-refractivity contribution in [1.82, 2.24) is 5.06 Å². The lowest BCUT2D eigenvalue weighted by molar-refractivity contribution is -0.195. The summed E-state index contributed by atoms with van der Waals surface area (Å²) in [5, 5.41) is 15.2. The maximum absolute atomic E-state index is 9.46. The van der Waals surface area contributed by atoms with Crippen LogP contribution in [0.25, 0.3) is 10.4 Å². The predicted molar refractivity (Wildman–Crippen MR) is 94.2 cm³/mol. The molecule has 1 heterocycles. The van der Waals surface area contributed by atoms with Crippen LogP contribution < -0.4 is 0 Å². The molecular formula is C18H26N4O2. The highest BCUT2D eigenvalue weighted by atomic mass is 16.7. The zero-order valence-electron chi connectivity index (χ0n) is 14.4. The molecule has 2 atom stereocenters. The van der Waals surface area contributed by atoms with Crippen LogP contribution in [0.5, 0.6) is 5.75 Å². The summed E-state index contributed by atoms with van der Waals surface area (Å²) >= 11 is 0. The number of hydrogen-bond acceptors (Lipinski definition) is 4. The highest BCUT2D eigenvalue weighted by Crippen LogP contribution is 2.41. The van der Waals surface area contributed by atoms with Crippen molar-refractivity contribution in [2.45, 2.75) is 51.3 Å². The summed E-state index contributed by atoms with van der Waals surface area (Å²) in [6.07, 6.45) is 4.43. The minimum Gasteiger partial charge on any atom is -0.508 e. The Morgan fingerprint density at radius 1 is 1.50 bits per heavy atom. The lowest BCUT2D eigenvalue weighted by Gasteiger charge is -2.37. The number of benzene rings is 1. The molecule has 1 aliphatic heterocycles. The van der Waals surface area contributed by atoms with Crippen LogP contribution in [0.1, 0.15) is 38.7 Å². The number of hydrogen-bond donors (Lipinski definition) is 1. The average molecular weight is 330 g/mol. The second-order valence-electron chi connectivity index (χ2n) is 6.86. The van der Waals surface area contributed by atoms with Crippen molar-refractivity contribution in [1.29, 1.82) is 0 Å². The van der Waals surface area contributed by atoms with Gasteiger partial charge in [-0.2, -0.15) is 5.06 Å². The lowest BCUT2D eigenvalue weighted by atomic mass is 9.81. The minimum absolute atomic E-state index is 0.114. The molecule has 1 aromatic carbocycles. The first-order valence-electron chi connectivity index (χ1n) is 8.33. The zero-order chi connectivity index (χ0) is 17.6. The maximum Gasteiger partial charge on any atom is 0.115 e. The Morgan fingerprint density at radius 3 is 2.79 bits per heavy atom. The fourth-order valence-corrected chi connectivity index (χ4v) is 3.53. The van der Waals surface area contributed by atoms with Gasteiger partial charge in [0, 0.05) is 11.5 Å². The molecule has 0 spiro atoms. The lowest BCUT2D eigenvalue weighted by Crippen LogP contribution is -2.43. The molecule has 1 N–H and O–H groups in total. The molecule has 2 rings (SSSR count). The molecule has 0 amide bonds. The molecule has 1 fully saturated rings. The topological polar surface area (TPSA) is 81.5 Å². The quantitative estimate of drug-likeness (QED) is 0.328. The number of phenolic OH excluding ortho intramolecular Hbond substituents is 1. The highest BCUT2D eigenvalue weighted by Gasteiger charge is 2.46. The van der Waals surface area contributed by atoms with E-state index in [1.807, 2.05) is 23.3 Å². The van der Waals surface area contributed by atoms with Gasteiger partial charge in [0.2, 0.25) is 0 Å². The van der Waals surface area contributed by atoms with E-state index < -0.39 is 0 Å². The molecule has 0 bridgehead atoms. The standard InChI is InChI=1S/C18H26N4O2/c1-4-9-18(10-14(2)3)11-17(12-20-21-19)24-22(18)13-15-5-7-16(23)8-6-15/h4-8,14,17,23H,1,9-13H2,2-3H3. The van der Waals surface area contributed by atoms with Crippen molar-refractivity contribution in [3.05, 3.63) is 52.9 Å². The molecule has 1 aliphatic rings. The van der Waals surface area contributed by atoms with Gasteiger partial charge in [-0.25, -0.2) is 0 Å². The van der Waals surface area contributed by atoms with E-state index in [1.54, 1.807) is 12.1 Å². The Balaban J connectivity index is 2.24. The molecule has 1 saturated heterocycles. The molecule has 6 heteroatoms. The van der Waals surface area contributed by atoms with Gasteiger partial charge in [0.25, 0.3) is 0 Å². The van der Waals surface area contributed by atoms with Crippen molar-refractivity contribution in [2.24, 2.45) is 11.0 Å². The highest BCUT2D eigenvalue weighted by molar-refractivity contribution is 5.26. The SMILES string of the molecule is C=CCC1(CC(C)C)CC(CN=[N+]=[N-])ON1Cc1ccc(O)cc1. The average Bonchev–Trinajstić information content (AvgIpc) is 2.84. The molecule has 6 nitrogen and oxygen atoms in total. The van der Waals surface area contributed by atoms with Crippen molar-refractivity contribution < 1.29 is 9.94 Å². The second-order valence-corrected chi connectivity index (χ2v) is 6.86. The fourth-order valence-electron chi connectivity index (χ4n) is 3.53. The van der Waals surface area contributed by atoms with Crippen molar-refractivity contribution in [2.75, 3.05) is 6.54 Å². The largest absolute Gasteiger partial charge is 0.508 e. The molecule has 0 saturated carbocycles. The minimum atomic E-state index is -0.149. The molecule has 0 aromatic heterocycles. The monoisotopic (exact) mass is 330 g/mol. The van der Waals surface area contributed by atoms with Crippen LogP contribution in [-0.2, 0) is 11.4 Å². The van der Waals surface area contributed by atoms with Gasteiger partial charge in [-0.05, 0) is 48.4 Å². The van der Waals surface area contributed by atoms with E-state index in [-0.39, 0.29) is 17.4 Å². The van der Waals surface area contributed by atoms with E-state index in [2.05, 4.69) is 30.5 Å². The number of azide groups is 1. The van der Waals surface area contributed by atoms with Gasteiger partial charge in [0.1, 0.15) is 5.75 Å². The Kier molecular flexibility index (Phi) is 6.26. The number of hydroxylamine groups is 2. The van der Waals surface area contributed by atoms with Gasteiger partial charge >= 0.3 is 0 Å². The first-order chi connectivity index (χ1) is 11.5. The summed E-state index contributed by atoms with van der Waals surface area (Å²) < 4.78 is 0. The normalized spacial score (nSPS) is 24.0. The maximum atomic E-state index is 9.46. The van der Waals surface area contributed by atoms with E-state index in [9.17, 15) is 5.11 Å². The van der Waals surface area contributed by atoms with Gasteiger partial charge in [0.15, 0.2) is 0 Å². The van der Waals surface area contributed by atoms with Crippen molar-refractivity contribution >= 4 is 0 Å². The molecule has 0 radical (unpaired) electrons. The summed E-state index contributed by atoms with van der Waals surface area (Å²) in [6.45, 7) is 9.27. The fraction of sp³-hybridized carbons (Fsp3) is 0.556. The number of phenols is 1. The van der Waals surface area contributed by atoms with E-state index in [0.717, 1.165) is 24.8 Å². The van der Waals surface area contributed by atoms with E-state index in [0.29, 0.717) is 19.0 Å². The molecular weight excluding hydrogens is 304 g/mol. The first kappa shape index (κ1) is 18.3. The van der Waals surface area contributed by atoms with Crippen LogP contribution in [0.4, 0.5) is 0 Å². The molecule has 0 aliphatic carbocycles. The van der Waals surface area contributed by atoms with Gasteiger partial charge < -0.3 is 5.11 Å². The third-order valence-electron chi connectivity index (χ3n) is 4.34. The Labute approximate surface area is 143 Å². The Bertz CT molecular complexity index is 596. The predicted octanol–water partition coefficient (Wildman–Crippen LogP) is 4.57. The van der Waals surface area contributed by atoms with Crippen LogP contribution in [0.2, 0.25) is 0 Å². The summed E-state index contributed by atoms with van der Waals surface area (Å²) in [5.74, 6) is 0.760. The van der Waals surface area contributed by atoms with Crippen LogP contribution >= 0.6 is 0 Å². The summed E-state index contributed by atoms with van der Waals surface area (Å²) in [7, 11) is 0. The van der Waals surface area contributed by atoms with Crippen LogP contribution in [0.15, 0.2) is 42.0 Å². The van der Waals surface area contributed by atoms with E-state index in [1.165, 1.54) is 0 Å². The molecule has 24 heavy (non-hydrogen) atoms. The van der Waals surface area contributed by atoms with Crippen molar-refractivity contribution in [3.63, 3.8) is 0 Å². The van der Waals surface area contributed by atoms with Crippen LogP contribution in [0.3, 0.4) is 0 Å². The third kappa shape index (κ3) is 4.51. The zero-order valence-corrected chi connectivity index (χ0v) is 14.4. The Hall–Kier alpha value is -2.01. The van der Waals surface area contributed by atoms with E-state index >= 15 is 0 Å². The number of nitrogens with zero attached hydrogens (tertiary/aromatic N) is 4. The summed E-state index contributed by atoms with van der Waals surface area (Å²) in [5.41, 5.74) is 9.50. The number of rotatable bonds is 8. The van der Waals surface area contributed by atoms with Crippen LogP contribution in [0, 0.1) is 5.92 Å². The first-order valence-corrected chi connectivity index (χ1v) is 8.33. The van der Waals surface area contributed by atoms with Gasteiger partial charge in [-0.3, -0.25) is 4.84 Å². The summed E-state index contributed by atoms with van der Waals surface area (Å²) in [4.78, 5) is 8.98. The summed E-state index contributed by atoms with van der Waals surface area (Å²) in [6, 6.07) is 7.15. The van der Waals surface area contributed by atoms with Crippen molar-refractivity contribution in [3.8, 4) is 5.75 Å². The number of aromatic hydroxyl groups is 1. The van der Waals surface area contributed by atoms with Gasteiger partial charge in [-0.1, -0.05) is 37.2 Å². The van der Waals surface area contributed by atoms with E-state index in [4.69, 9.17) is 10.4 Å². The van der Waals surface area contributed by atoms with Gasteiger partial charge in [-0.15, -0.1) is 6.58 Å². The van der Waals surface area contributed by atoms with Gasteiger partial charge in [0.05, 0.1) is 18.2 Å². The second kappa shape index (κ2) is 8.20. The smallest absolute Gasteiger partial charge is 0.115 e. The van der Waals surface area contributed by atoms with Crippen LogP contribution in [-0.4, -0.2) is 28.4 Å².